The minimum absolute atomic E-state index is 0.190. The molecule has 1 atom stereocenters. The van der Waals surface area contributed by atoms with Gasteiger partial charge in [-0.05, 0) is 24.1 Å². The number of imide groups is 1. The Morgan fingerprint density at radius 1 is 1.32 bits per heavy atom. The largest absolute Gasteiger partial charge is 0.326 e. The smallest absolute Gasteiger partial charge is 0.239 e. The molecule has 0 aromatic heterocycles. The SMILES string of the molecule is NCc1ccc(NC(=O)C2CCC(=O)NC2=O)cc1. The number of amides is 3. The second-order valence-electron chi connectivity index (χ2n) is 4.39. The Labute approximate surface area is 110 Å². The Balaban J connectivity index is 2.00. The van der Waals surface area contributed by atoms with Crippen LogP contribution in [0.3, 0.4) is 0 Å². The fourth-order valence-electron chi connectivity index (χ4n) is 1.90. The van der Waals surface area contributed by atoms with Gasteiger partial charge >= 0.3 is 0 Å². The third kappa shape index (κ3) is 3.17. The first-order valence-electron chi connectivity index (χ1n) is 6.03. The Morgan fingerprint density at radius 3 is 2.58 bits per heavy atom. The number of carbonyl (C=O) groups excluding carboxylic acids is 3. The normalized spacial score (nSPS) is 18.9. The molecule has 1 aromatic rings. The van der Waals surface area contributed by atoms with Crippen LogP contribution < -0.4 is 16.4 Å². The van der Waals surface area contributed by atoms with Crippen molar-refractivity contribution in [3.05, 3.63) is 29.8 Å². The van der Waals surface area contributed by atoms with Crippen LogP contribution in [0, 0.1) is 5.92 Å². The molecule has 1 aliphatic rings. The van der Waals surface area contributed by atoms with Crippen molar-refractivity contribution in [2.45, 2.75) is 19.4 Å². The van der Waals surface area contributed by atoms with E-state index in [1.807, 2.05) is 0 Å². The van der Waals surface area contributed by atoms with Crippen LogP contribution in [0.2, 0.25) is 0 Å². The van der Waals surface area contributed by atoms with Gasteiger partial charge in [-0.15, -0.1) is 0 Å². The standard InChI is InChI=1S/C13H15N3O3/c14-7-8-1-3-9(4-2-8)15-12(18)10-5-6-11(17)16-13(10)19/h1-4,10H,5-7,14H2,(H,15,18)(H,16,17,19). The summed E-state index contributed by atoms with van der Waals surface area (Å²) in [6.07, 6.45) is 0.438. The fourth-order valence-corrected chi connectivity index (χ4v) is 1.90. The second-order valence-corrected chi connectivity index (χ2v) is 4.39. The third-order valence-electron chi connectivity index (χ3n) is 3.01. The molecule has 19 heavy (non-hydrogen) atoms. The maximum Gasteiger partial charge on any atom is 0.239 e. The summed E-state index contributed by atoms with van der Waals surface area (Å²) in [6, 6.07) is 7.07. The van der Waals surface area contributed by atoms with E-state index < -0.39 is 17.7 Å². The van der Waals surface area contributed by atoms with Crippen molar-refractivity contribution < 1.29 is 14.4 Å². The molecule has 0 radical (unpaired) electrons. The lowest BCUT2D eigenvalue weighted by Crippen LogP contribution is -2.45. The van der Waals surface area contributed by atoms with E-state index in [4.69, 9.17) is 5.73 Å². The Kier molecular flexibility index (Phi) is 3.91. The molecule has 0 bridgehead atoms. The second kappa shape index (κ2) is 5.62. The molecule has 1 saturated heterocycles. The molecule has 0 spiro atoms. The van der Waals surface area contributed by atoms with Crippen LogP contribution in [-0.4, -0.2) is 17.7 Å². The fraction of sp³-hybridized carbons (Fsp3) is 0.308. The van der Waals surface area contributed by atoms with Gasteiger partial charge in [-0.1, -0.05) is 12.1 Å². The van der Waals surface area contributed by atoms with Crippen molar-refractivity contribution in [1.82, 2.24) is 5.32 Å². The van der Waals surface area contributed by atoms with Crippen molar-refractivity contribution in [1.29, 1.82) is 0 Å². The van der Waals surface area contributed by atoms with E-state index in [0.29, 0.717) is 12.2 Å². The summed E-state index contributed by atoms with van der Waals surface area (Å²) < 4.78 is 0. The Morgan fingerprint density at radius 2 is 2.00 bits per heavy atom. The van der Waals surface area contributed by atoms with Gasteiger partial charge in [0.05, 0.1) is 0 Å². The molecule has 1 aliphatic heterocycles. The molecule has 100 valence electrons. The quantitative estimate of drug-likeness (QED) is 0.532. The molecule has 6 nitrogen and oxygen atoms in total. The van der Waals surface area contributed by atoms with E-state index in [2.05, 4.69) is 10.6 Å². The van der Waals surface area contributed by atoms with Crippen LogP contribution in [0.25, 0.3) is 0 Å². The molecule has 3 amide bonds. The van der Waals surface area contributed by atoms with Gasteiger partial charge in [0.25, 0.3) is 0 Å². The monoisotopic (exact) mass is 261 g/mol. The van der Waals surface area contributed by atoms with Crippen molar-refractivity contribution in [2.24, 2.45) is 11.7 Å². The van der Waals surface area contributed by atoms with Crippen LogP contribution in [0.15, 0.2) is 24.3 Å². The number of nitrogens with one attached hydrogen (secondary N) is 2. The topological polar surface area (TPSA) is 101 Å². The summed E-state index contributed by atoms with van der Waals surface area (Å²) in [7, 11) is 0. The Hall–Kier alpha value is -2.21. The minimum Gasteiger partial charge on any atom is -0.326 e. The van der Waals surface area contributed by atoms with Gasteiger partial charge in [0.15, 0.2) is 0 Å². The van der Waals surface area contributed by atoms with Crippen molar-refractivity contribution in [3.63, 3.8) is 0 Å². The van der Waals surface area contributed by atoms with E-state index in [0.717, 1.165) is 5.56 Å². The van der Waals surface area contributed by atoms with Crippen molar-refractivity contribution in [3.8, 4) is 0 Å². The molecule has 4 N–H and O–H groups in total. The van der Waals surface area contributed by atoms with E-state index in [9.17, 15) is 14.4 Å². The zero-order valence-corrected chi connectivity index (χ0v) is 10.3. The zero-order valence-electron chi connectivity index (χ0n) is 10.3. The molecule has 6 heteroatoms. The first-order chi connectivity index (χ1) is 9.10. The maximum atomic E-state index is 11.9. The highest BCUT2D eigenvalue weighted by atomic mass is 16.2. The molecular weight excluding hydrogens is 246 g/mol. The van der Waals surface area contributed by atoms with E-state index in [1.165, 1.54) is 0 Å². The summed E-state index contributed by atoms with van der Waals surface area (Å²) in [5.74, 6) is -2.08. The van der Waals surface area contributed by atoms with E-state index in [-0.39, 0.29) is 18.7 Å². The van der Waals surface area contributed by atoms with Gasteiger partial charge in [0.1, 0.15) is 5.92 Å². The molecular formula is C13H15N3O3. The molecule has 1 unspecified atom stereocenters. The van der Waals surface area contributed by atoms with Crippen molar-refractivity contribution in [2.75, 3.05) is 5.32 Å². The number of carbonyl (C=O) groups is 3. The maximum absolute atomic E-state index is 11.9. The molecule has 1 heterocycles. The minimum atomic E-state index is -0.813. The number of benzene rings is 1. The third-order valence-corrected chi connectivity index (χ3v) is 3.01. The molecule has 2 rings (SSSR count). The van der Waals surface area contributed by atoms with Gasteiger partial charge in [-0.2, -0.15) is 0 Å². The first-order valence-corrected chi connectivity index (χ1v) is 6.03. The number of piperidine rings is 1. The average molecular weight is 261 g/mol. The van der Waals surface area contributed by atoms with Gasteiger partial charge < -0.3 is 11.1 Å². The zero-order chi connectivity index (χ0) is 13.8. The molecule has 1 fully saturated rings. The summed E-state index contributed by atoms with van der Waals surface area (Å²) in [6.45, 7) is 0.432. The molecule has 0 aliphatic carbocycles. The lowest BCUT2D eigenvalue weighted by Gasteiger charge is -2.20. The Bertz CT molecular complexity index is 510. The highest BCUT2D eigenvalue weighted by molar-refractivity contribution is 6.12. The van der Waals surface area contributed by atoms with Crippen LogP contribution in [0.5, 0.6) is 0 Å². The molecule has 1 aromatic carbocycles. The summed E-state index contributed by atoms with van der Waals surface area (Å²) in [5.41, 5.74) is 7.04. The predicted molar refractivity (Wildman–Crippen MR) is 68.8 cm³/mol. The summed E-state index contributed by atoms with van der Waals surface area (Å²) in [4.78, 5) is 34.5. The number of hydrogen-bond donors (Lipinski definition) is 3. The lowest BCUT2D eigenvalue weighted by molar-refractivity contribution is -0.139. The summed E-state index contributed by atoms with van der Waals surface area (Å²) in [5, 5.41) is 4.82. The van der Waals surface area contributed by atoms with Gasteiger partial charge in [0, 0.05) is 18.7 Å². The highest BCUT2D eigenvalue weighted by Crippen LogP contribution is 2.16. The van der Waals surface area contributed by atoms with Crippen molar-refractivity contribution >= 4 is 23.4 Å². The molecule has 0 saturated carbocycles. The van der Waals surface area contributed by atoms with Crippen LogP contribution in [-0.2, 0) is 20.9 Å². The summed E-state index contributed by atoms with van der Waals surface area (Å²) >= 11 is 0. The van der Waals surface area contributed by atoms with E-state index >= 15 is 0 Å². The first kappa shape index (κ1) is 13.2. The highest BCUT2D eigenvalue weighted by Gasteiger charge is 2.32. The van der Waals surface area contributed by atoms with Gasteiger partial charge in [-0.3, -0.25) is 19.7 Å². The lowest BCUT2D eigenvalue weighted by atomic mass is 9.97. The number of rotatable bonds is 3. The van der Waals surface area contributed by atoms with Crippen LogP contribution >= 0.6 is 0 Å². The van der Waals surface area contributed by atoms with E-state index in [1.54, 1.807) is 24.3 Å². The number of nitrogens with two attached hydrogens (primary N) is 1. The predicted octanol–water partition coefficient (Wildman–Crippen LogP) is 0.137. The van der Waals surface area contributed by atoms with Gasteiger partial charge in [0.2, 0.25) is 17.7 Å². The number of hydrogen-bond acceptors (Lipinski definition) is 4. The van der Waals surface area contributed by atoms with Crippen LogP contribution in [0.1, 0.15) is 18.4 Å². The average Bonchev–Trinajstić information content (AvgIpc) is 2.39. The number of anilines is 1. The van der Waals surface area contributed by atoms with Crippen LogP contribution in [0.4, 0.5) is 5.69 Å². The van der Waals surface area contributed by atoms with Gasteiger partial charge in [-0.25, -0.2) is 0 Å².